The summed E-state index contributed by atoms with van der Waals surface area (Å²) in [5, 5.41) is 6.29. The van der Waals surface area contributed by atoms with Crippen molar-refractivity contribution in [3.63, 3.8) is 0 Å². The van der Waals surface area contributed by atoms with Crippen LogP contribution in [0.15, 0.2) is 73.3 Å². The lowest BCUT2D eigenvalue weighted by atomic mass is 9.87. The van der Waals surface area contributed by atoms with Crippen molar-refractivity contribution in [2.75, 3.05) is 19.0 Å². The van der Waals surface area contributed by atoms with E-state index in [1.165, 1.54) is 39.2 Å². The predicted octanol–water partition coefficient (Wildman–Crippen LogP) is 5.01. The second-order valence-corrected chi connectivity index (χ2v) is 13.0. The molecule has 14 nitrogen and oxygen atoms in total. The van der Waals surface area contributed by atoms with Gasteiger partial charge in [0.05, 0.1) is 19.4 Å². The number of carbonyl (C=O) groups excluding carboxylic acids is 4. The average Bonchev–Trinajstić information content (AvgIpc) is 3.71. The summed E-state index contributed by atoms with van der Waals surface area (Å²) in [5.41, 5.74) is 2.25. The Morgan fingerprint density at radius 3 is 2.27 bits per heavy atom. The Hall–Kier alpha value is -5.21. The second kappa shape index (κ2) is 18.3. The van der Waals surface area contributed by atoms with Crippen molar-refractivity contribution >= 4 is 40.8 Å². The van der Waals surface area contributed by atoms with Gasteiger partial charge in [-0.05, 0) is 62.3 Å². The Balaban J connectivity index is 1.38. The SMILES string of the molecule is COC(=O)[C@@H](C)CC[C@H](CCCNCc1ccccc1)C[C@H]1O[C@@H](n2cnc3c(NC(=O)c4ccccc4)ncnc32)C(OC(C)=O)[C@H]1OC(C)=O. The minimum Gasteiger partial charge on any atom is -0.469 e. The summed E-state index contributed by atoms with van der Waals surface area (Å²) in [5.74, 6) is -1.84. The molecule has 2 N–H and O–H groups in total. The van der Waals surface area contributed by atoms with Gasteiger partial charge in [-0.15, -0.1) is 0 Å². The van der Waals surface area contributed by atoms with Gasteiger partial charge in [-0.3, -0.25) is 23.7 Å². The molecule has 6 atom stereocenters. The van der Waals surface area contributed by atoms with Crippen LogP contribution in [0.25, 0.3) is 11.2 Å². The summed E-state index contributed by atoms with van der Waals surface area (Å²) in [6.07, 6.45) is 2.53. The molecule has 3 heterocycles. The van der Waals surface area contributed by atoms with Gasteiger partial charge in [0.25, 0.3) is 5.91 Å². The fourth-order valence-electron chi connectivity index (χ4n) is 6.53. The van der Waals surface area contributed by atoms with Crippen molar-refractivity contribution in [3.05, 3.63) is 84.4 Å². The minimum atomic E-state index is -1.04. The molecule has 0 spiro atoms. The molecule has 0 bridgehead atoms. The lowest BCUT2D eigenvalue weighted by Crippen LogP contribution is -2.39. The lowest BCUT2D eigenvalue weighted by molar-refractivity contribution is -0.165. The van der Waals surface area contributed by atoms with Crippen LogP contribution in [0, 0.1) is 11.8 Å². The molecular formula is C38H46N6O8. The Kier molecular flexibility index (Phi) is 13.4. The molecule has 1 saturated heterocycles. The first kappa shape index (κ1) is 38.0. The molecule has 52 heavy (non-hydrogen) atoms. The zero-order chi connectivity index (χ0) is 37.0. The van der Waals surface area contributed by atoms with E-state index < -0.39 is 36.5 Å². The van der Waals surface area contributed by atoms with Gasteiger partial charge in [0, 0.05) is 26.0 Å². The van der Waals surface area contributed by atoms with Crippen LogP contribution >= 0.6 is 0 Å². The third-order valence-electron chi connectivity index (χ3n) is 9.11. The van der Waals surface area contributed by atoms with Gasteiger partial charge < -0.3 is 29.6 Å². The van der Waals surface area contributed by atoms with Crippen LogP contribution in [0.2, 0.25) is 0 Å². The van der Waals surface area contributed by atoms with Crippen molar-refractivity contribution < 1.29 is 38.1 Å². The Morgan fingerprint density at radius 1 is 0.885 bits per heavy atom. The largest absolute Gasteiger partial charge is 0.469 e. The first-order valence-corrected chi connectivity index (χ1v) is 17.5. The lowest BCUT2D eigenvalue weighted by Gasteiger charge is -2.26. The number of carbonyl (C=O) groups is 4. The summed E-state index contributed by atoms with van der Waals surface area (Å²) in [6, 6.07) is 18.8. The number of nitrogens with zero attached hydrogens (tertiary/aromatic N) is 4. The molecule has 5 rings (SSSR count). The molecule has 4 aromatic rings. The van der Waals surface area contributed by atoms with Crippen molar-refractivity contribution in [2.24, 2.45) is 11.8 Å². The molecule has 14 heteroatoms. The first-order chi connectivity index (χ1) is 25.1. The number of amides is 1. The van der Waals surface area contributed by atoms with E-state index in [9.17, 15) is 19.2 Å². The van der Waals surface area contributed by atoms with Gasteiger partial charge in [0.1, 0.15) is 12.4 Å². The molecule has 1 aliphatic rings. The predicted molar refractivity (Wildman–Crippen MR) is 191 cm³/mol. The van der Waals surface area contributed by atoms with Crippen LogP contribution < -0.4 is 10.6 Å². The van der Waals surface area contributed by atoms with Crippen molar-refractivity contribution in [1.29, 1.82) is 0 Å². The van der Waals surface area contributed by atoms with Crippen LogP contribution in [-0.4, -0.2) is 75.3 Å². The zero-order valence-corrected chi connectivity index (χ0v) is 29.9. The Labute approximate surface area is 302 Å². The standard InChI is InChI=1S/C38H46N6O8/c1-24(38(48)49-4)17-18-27(14-11-19-39-21-28-12-7-5-8-13-28)20-30-32(50-25(2)45)33(51-26(3)46)37(52-30)44-23-42-31-34(40-22-41-35(31)44)43-36(47)29-15-9-6-10-16-29/h5-10,12-13,15-16,22-24,27,30,32-33,37,39H,11,14,17-21H2,1-4H3,(H,40,41,43,47)/t24-,27-,30+,32-,33?,37+/m0/s1. The highest BCUT2D eigenvalue weighted by Gasteiger charge is 2.51. The molecule has 1 fully saturated rings. The molecule has 2 aromatic carbocycles. The quantitative estimate of drug-likeness (QED) is 0.0853. The first-order valence-electron chi connectivity index (χ1n) is 17.5. The highest BCUT2D eigenvalue weighted by molar-refractivity contribution is 6.06. The second-order valence-electron chi connectivity index (χ2n) is 13.0. The van der Waals surface area contributed by atoms with E-state index in [2.05, 4.69) is 37.7 Å². The number of aromatic nitrogens is 4. The third-order valence-corrected chi connectivity index (χ3v) is 9.11. The van der Waals surface area contributed by atoms with E-state index in [0.717, 1.165) is 25.9 Å². The van der Waals surface area contributed by atoms with E-state index in [1.54, 1.807) is 28.8 Å². The van der Waals surface area contributed by atoms with Crippen molar-refractivity contribution in [1.82, 2.24) is 24.8 Å². The number of hydrogen-bond acceptors (Lipinski definition) is 12. The van der Waals surface area contributed by atoms with Crippen LogP contribution in [0.1, 0.15) is 75.0 Å². The molecule has 1 aliphatic heterocycles. The highest BCUT2D eigenvalue weighted by Crippen LogP contribution is 2.40. The van der Waals surface area contributed by atoms with Crippen molar-refractivity contribution in [2.45, 2.75) is 84.0 Å². The fraction of sp³-hybridized carbons (Fsp3) is 0.447. The van der Waals surface area contributed by atoms with Crippen LogP contribution in [0.5, 0.6) is 0 Å². The Morgan fingerprint density at radius 2 is 1.58 bits per heavy atom. The number of rotatable bonds is 17. The third kappa shape index (κ3) is 9.98. The molecule has 2 aromatic heterocycles. The van der Waals surface area contributed by atoms with Gasteiger partial charge in [-0.25, -0.2) is 15.0 Å². The molecule has 1 amide bonds. The number of anilines is 1. The van der Waals surface area contributed by atoms with E-state index in [1.807, 2.05) is 31.2 Å². The maximum Gasteiger partial charge on any atom is 0.308 e. The number of hydrogen-bond donors (Lipinski definition) is 2. The van der Waals surface area contributed by atoms with Crippen LogP contribution in [0.3, 0.4) is 0 Å². The summed E-state index contributed by atoms with van der Waals surface area (Å²) >= 11 is 0. The van der Waals surface area contributed by atoms with Crippen molar-refractivity contribution in [3.8, 4) is 0 Å². The van der Waals surface area contributed by atoms with Gasteiger partial charge in [-0.1, -0.05) is 55.5 Å². The molecule has 1 unspecified atom stereocenters. The van der Waals surface area contributed by atoms with Gasteiger partial charge in [0.2, 0.25) is 0 Å². The molecule has 276 valence electrons. The van der Waals surface area contributed by atoms with E-state index >= 15 is 0 Å². The minimum absolute atomic E-state index is 0.0621. The highest BCUT2D eigenvalue weighted by atomic mass is 16.6. The average molecular weight is 715 g/mol. The van der Waals surface area contributed by atoms with Crippen LogP contribution in [0.4, 0.5) is 5.82 Å². The summed E-state index contributed by atoms with van der Waals surface area (Å²) in [6.45, 7) is 5.94. The maximum absolute atomic E-state index is 12.9. The Bertz CT molecular complexity index is 1800. The van der Waals surface area contributed by atoms with E-state index in [4.69, 9.17) is 18.9 Å². The zero-order valence-electron chi connectivity index (χ0n) is 29.9. The summed E-state index contributed by atoms with van der Waals surface area (Å²) in [7, 11) is 1.38. The summed E-state index contributed by atoms with van der Waals surface area (Å²) in [4.78, 5) is 63.3. The maximum atomic E-state index is 12.9. The van der Waals surface area contributed by atoms with E-state index in [-0.39, 0.29) is 29.5 Å². The number of esters is 3. The van der Waals surface area contributed by atoms with Gasteiger partial charge >= 0.3 is 17.9 Å². The smallest absolute Gasteiger partial charge is 0.308 e. The number of ether oxygens (including phenoxy) is 4. The summed E-state index contributed by atoms with van der Waals surface area (Å²) < 4.78 is 24.8. The topological polar surface area (TPSA) is 173 Å². The number of benzene rings is 2. The monoisotopic (exact) mass is 714 g/mol. The number of methoxy groups -OCH3 is 1. The molecule has 0 aliphatic carbocycles. The molecule has 0 saturated carbocycles. The normalized spacial score (nSPS) is 19.5. The number of imidazole rings is 1. The van der Waals surface area contributed by atoms with Gasteiger partial charge in [0.15, 0.2) is 35.4 Å². The van der Waals surface area contributed by atoms with Gasteiger partial charge in [-0.2, -0.15) is 0 Å². The van der Waals surface area contributed by atoms with Crippen LogP contribution in [-0.2, 0) is 39.9 Å². The molecule has 0 radical (unpaired) electrons. The molecular weight excluding hydrogens is 668 g/mol. The number of fused-ring (bicyclic) bond motifs is 1. The fourth-order valence-corrected chi connectivity index (χ4v) is 6.53. The number of nitrogens with one attached hydrogen (secondary N) is 2. The van der Waals surface area contributed by atoms with E-state index in [0.29, 0.717) is 36.0 Å².